The quantitative estimate of drug-likeness (QED) is 0.856. The van der Waals surface area contributed by atoms with Gasteiger partial charge in [-0.05, 0) is 43.0 Å². The lowest BCUT2D eigenvalue weighted by atomic mass is 9.94. The van der Waals surface area contributed by atoms with Gasteiger partial charge in [-0.3, -0.25) is 4.79 Å². The Morgan fingerprint density at radius 3 is 2.72 bits per heavy atom. The first-order valence-corrected chi connectivity index (χ1v) is 8.75. The van der Waals surface area contributed by atoms with E-state index < -0.39 is 0 Å². The summed E-state index contributed by atoms with van der Waals surface area (Å²) in [5.74, 6) is 1.47. The number of methoxy groups -OCH3 is 1. The number of hydrogen-bond acceptors (Lipinski definition) is 4. The van der Waals surface area contributed by atoms with Crippen LogP contribution in [-0.2, 0) is 11.8 Å². The summed E-state index contributed by atoms with van der Waals surface area (Å²) in [6.45, 7) is 7.12. The minimum absolute atomic E-state index is 0.133. The number of carbonyl (C=O) groups excluding carboxylic acids is 1. The van der Waals surface area contributed by atoms with E-state index in [1.807, 2.05) is 18.2 Å². The predicted molar refractivity (Wildman–Crippen MR) is 99.8 cm³/mol. The number of furan rings is 1. The maximum atomic E-state index is 12.6. The summed E-state index contributed by atoms with van der Waals surface area (Å²) in [6.07, 6.45) is 3.26. The van der Waals surface area contributed by atoms with Gasteiger partial charge in [0.25, 0.3) is 5.91 Å². The Labute approximate surface area is 148 Å². The molecule has 5 nitrogen and oxygen atoms in total. The summed E-state index contributed by atoms with van der Waals surface area (Å²) in [6, 6.07) is 7.53. The molecule has 1 aliphatic rings. The third-order valence-corrected chi connectivity index (χ3v) is 4.43. The standard InChI is InChI=1S/C20H26N2O3/c1-20(2,3)18-9-8-16(25-18)19(23)22-15-11-13-7-5-6-10-21-14(13)12-17(15)24-4/h8-9,11-12,21H,5-7,10H2,1-4H3,(H,22,23). The topological polar surface area (TPSA) is 63.5 Å². The second-order valence-electron chi connectivity index (χ2n) is 7.46. The van der Waals surface area contributed by atoms with Crippen molar-refractivity contribution < 1.29 is 13.9 Å². The van der Waals surface area contributed by atoms with Crippen LogP contribution in [-0.4, -0.2) is 19.6 Å². The van der Waals surface area contributed by atoms with Crippen LogP contribution in [0, 0.1) is 0 Å². The van der Waals surface area contributed by atoms with Crippen LogP contribution in [0.1, 0.15) is 55.5 Å². The summed E-state index contributed by atoms with van der Waals surface area (Å²) in [4.78, 5) is 12.6. The first-order chi connectivity index (χ1) is 11.9. The van der Waals surface area contributed by atoms with Crippen molar-refractivity contribution in [3.63, 3.8) is 0 Å². The Morgan fingerprint density at radius 2 is 2.04 bits per heavy atom. The number of amides is 1. The van der Waals surface area contributed by atoms with Crippen LogP contribution in [0.25, 0.3) is 0 Å². The Balaban J connectivity index is 1.85. The van der Waals surface area contributed by atoms with Gasteiger partial charge in [0.15, 0.2) is 5.76 Å². The van der Waals surface area contributed by atoms with E-state index >= 15 is 0 Å². The molecule has 1 aliphatic heterocycles. The van der Waals surface area contributed by atoms with Crippen LogP contribution in [0.3, 0.4) is 0 Å². The molecular weight excluding hydrogens is 316 g/mol. The Bertz CT molecular complexity index is 772. The van der Waals surface area contributed by atoms with Gasteiger partial charge in [-0.1, -0.05) is 20.8 Å². The van der Waals surface area contributed by atoms with E-state index in [0.717, 1.165) is 37.3 Å². The van der Waals surface area contributed by atoms with Gasteiger partial charge in [-0.2, -0.15) is 0 Å². The Kier molecular flexibility index (Phi) is 4.75. The minimum atomic E-state index is -0.268. The van der Waals surface area contributed by atoms with Crippen LogP contribution in [0.4, 0.5) is 11.4 Å². The number of carbonyl (C=O) groups is 1. The van der Waals surface area contributed by atoms with Gasteiger partial charge in [-0.25, -0.2) is 0 Å². The van der Waals surface area contributed by atoms with E-state index in [9.17, 15) is 4.79 Å². The van der Waals surface area contributed by atoms with Gasteiger partial charge in [0.1, 0.15) is 11.5 Å². The minimum Gasteiger partial charge on any atom is -0.494 e. The SMILES string of the molecule is COc1cc2c(cc1NC(=O)c1ccc(C(C)(C)C)o1)CCCCN2. The first kappa shape index (κ1) is 17.4. The summed E-state index contributed by atoms with van der Waals surface area (Å²) < 4.78 is 11.2. The highest BCUT2D eigenvalue weighted by Gasteiger charge is 2.21. The van der Waals surface area contributed by atoms with Gasteiger partial charge in [0, 0.05) is 23.7 Å². The average Bonchev–Trinajstić information content (AvgIpc) is 2.96. The van der Waals surface area contributed by atoms with E-state index in [1.54, 1.807) is 13.2 Å². The molecule has 25 heavy (non-hydrogen) atoms. The van der Waals surface area contributed by atoms with Crippen LogP contribution in [0.15, 0.2) is 28.7 Å². The van der Waals surface area contributed by atoms with E-state index in [1.165, 1.54) is 5.56 Å². The fraction of sp³-hybridized carbons (Fsp3) is 0.450. The largest absolute Gasteiger partial charge is 0.494 e. The van der Waals surface area contributed by atoms with E-state index in [4.69, 9.17) is 9.15 Å². The summed E-state index contributed by atoms with van der Waals surface area (Å²) >= 11 is 0. The smallest absolute Gasteiger partial charge is 0.291 e. The normalized spacial score (nSPS) is 14.2. The summed E-state index contributed by atoms with van der Waals surface area (Å²) in [5.41, 5.74) is 2.82. The van der Waals surface area contributed by atoms with Gasteiger partial charge in [-0.15, -0.1) is 0 Å². The van der Waals surface area contributed by atoms with Gasteiger partial charge >= 0.3 is 0 Å². The molecule has 0 aliphatic carbocycles. The monoisotopic (exact) mass is 342 g/mol. The maximum Gasteiger partial charge on any atom is 0.291 e. The van der Waals surface area contributed by atoms with Crippen molar-refractivity contribution >= 4 is 17.3 Å². The molecule has 5 heteroatoms. The molecule has 0 fully saturated rings. The van der Waals surface area contributed by atoms with Crippen molar-refractivity contribution in [1.29, 1.82) is 0 Å². The van der Waals surface area contributed by atoms with Crippen molar-refractivity contribution in [2.75, 3.05) is 24.3 Å². The molecule has 3 rings (SSSR count). The second-order valence-corrected chi connectivity index (χ2v) is 7.46. The highest BCUT2D eigenvalue weighted by molar-refractivity contribution is 6.03. The second kappa shape index (κ2) is 6.82. The first-order valence-electron chi connectivity index (χ1n) is 8.75. The zero-order chi connectivity index (χ0) is 18.0. The molecule has 0 unspecified atom stereocenters. The molecule has 2 aromatic rings. The number of fused-ring (bicyclic) bond motifs is 1. The zero-order valence-corrected chi connectivity index (χ0v) is 15.4. The number of ether oxygens (including phenoxy) is 1. The average molecular weight is 342 g/mol. The van der Waals surface area contributed by atoms with Crippen LogP contribution < -0.4 is 15.4 Å². The summed E-state index contributed by atoms with van der Waals surface area (Å²) in [5, 5.41) is 6.35. The molecule has 0 atom stereocenters. The molecule has 2 heterocycles. The number of anilines is 2. The van der Waals surface area contributed by atoms with E-state index in [2.05, 4.69) is 31.4 Å². The molecule has 1 amide bonds. The molecule has 0 bridgehead atoms. The molecule has 0 saturated carbocycles. The predicted octanol–water partition coefficient (Wildman–Crippen LogP) is 4.59. The fourth-order valence-electron chi connectivity index (χ4n) is 2.97. The lowest BCUT2D eigenvalue weighted by Crippen LogP contribution is -2.13. The number of hydrogen-bond donors (Lipinski definition) is 2. The van der Waals surface area contributed by atoms with Crippen LogP contribution in [0.5, 0.6) is 5.75 Å². The lowest BCUT2D eigenvalue weighted by molar-refractivity contribution is 0.0993. The number of aryl methyl sites for hydroxylation is 1. The summed E-state index contributed by atoms with van der Waals surface area (Å²) in [7, 11) is 1.61. The molecule has 0 saturated heterocycles. The number of rotatable bonds is 3. The van der Waals surface area contributed by atoms with E-state index in [0.29, 0.717) is 17.2 Å². The molecule has 1 aromatic carbocycles. The molecule has 0 spiro atoms. The highest BCUT2D eigenvalue weighted by Crippen LogP contribution is 2.34. The Morgan fingerprint density at radius 1 is 1.24 bits per heavy atom. The fourth-order valence-corrected chi connectivity index (χ4v) is 2.97. The van der Waals surface area contributed by atoms with Crippen molar-refractivity contribution in [2.24, 2.45) is 0 Å². The molecular formula is C20H26N2O3. The highest BCUT2D eigenvalue weighted by atomic mass is 16.5. The van der Waals surface area contributed by atoms with Crippen LogP contribution in [0.2, 0.25) is 0 Å². The van der Waals surface area contributed by atoms with Gasteiger partial charge in [0.05, 0.1) is 12.8 Å². The number of benzene rings is 1. The molecule has 1 aromatic heterocycles. The van der Waals surface area contributed by atoms with Gasteiger partial charge in [0.2, 0.25) is 0 Å². The molecule has 134 valence electrons. The molecule has 2 N–H and O–H groups in total. The molecule has 0 radical (unpaired) electrons. The third kappa shape index (κ3) is 3.81. The zero-order valence-electron chi connectivity index (χ0n) is 15.4. The lowest BCUT2D eigenvalue weighted by Gasteiger charge is -2.15. The third-order valence-electron chi connectivity index (χ3n) is 4.43. The Hall–Kier alpha value is -2.43. The number of nitrogens with one attached hydrogen (secondary N) is 2. The van der Waals surface area contributed by atoms with Crippen molar-refractivity contribution in [1.82, 2.24) is 0 Å². The van der Waals surface area contributed by atoms with Crippen molar-refractivity contribution in [3.05, 3.63) is 41.3 Å². The van der Waals surface area contributed by atoms with Crippen LogP contribution >= 0.6 is 0 Å². The van der Waals surface area contributed by atoms with Gasteiger partial charge < -0.3 is 19.8 Å². The van der Waals surface area contributed by atoms with Crippen molar-refractivity contribution in [2.45, 2.75) is 45.4 Å². The van der Waals surface area contributed by atoms with Crippen molar-refractivity contribution in [3.8, 4) is 5.75 Å². The maximum absolute atomic E-state index is 12.6. The van der Waals surface area contributed by atoms with E-state index in [-0.39, 0.29) is 11.3 Å².